The summed E-state index contributed by atoms with van der Waals surface area (Å²) in [6.07, 6.45) is 5.65. The smallest absolute Gasteiger partial charge is 0.250 e. The number of hydrogen-bond acceptors (Lipinski definition) is 2. The van der Waals surface area contributed by atoms with Crippen molar-refractivity contribution in [2.24, 2.45) is 5.92 Å². The third kappa shape index (κ3) is 2.94. The van der Waals surface area contributed by atoms with E-state index in [9.17, 15) is 9.59 Å². The molecule has 4 heteroatoms. The molecule has 2 aliphatic rings. The highest BCUT2D eigenvalue weighted by Crippen LogP contribution is 2.29. The Morgan fingerprint density at radius 3 is 2.38 bits per heavy atom. The van der Waals surface area contributed by atoms with Gasteiger partial charge in [0.05, 0.1) is 0 Å². The van der Waals surface area contributed by atoms with Gasteiger partial charge in [-0.1, -0.05) is 37.0 Å². The van der Waals surface area contributed by atoms with Crippen LogP contribution in [-0.4, -0.2) is 24.4 Å². The number of anilines is 1. The Morgan fingerprint density at radius 1 is 1.05 bits per heavy atom. The van der Waals surface area contributed by atoms with Crippen LogP contribution in [0.5, 0.6) is 0 Å². The molecule has 2 fully saturated rings. The Kier molecular flexibility index (Phi) is 3.95. The first-order chi connectivity index (χ1) is 10.1. The van der Waals surface area contributed by atoms with Crippen LogP contribution in [0.3, 0.4) is 0 Å². The molecule has 1 aliphatic carbocycles. The number of aryl methyl sites for hydroxylation is 1. The molecule has 0 bridgehead atoms. The molecule has 1 aliphatic heterocycles. The number of rotatable bonds is 2. The molecule has 1 saturated heterocycles. The summed E-state index contributed by atoms with van der Waals surface area (Å²) in [5.41, 5.74) is 1.97. The first-order valence-electron chi connectivity index (χ1n) is 7.82. The van der Waals surface area contributed by atoms with Crippen LogP contribution in [-0.2, 0) is 9.59 Å². The maximum absolute atomic E-state index is 12.8. The molecule has 1 saturated carbocycles. The minimum absolute atomic E-state index is 0.0466. The van der Waals surface area contributed by atoms with Gasteiger partial charge in [0.1, 0.15) is 12.6 Å². The number of piperazine rings is 1. The zero-order chi connectivity index (χ0) is 14.8. The zero-order valence-corrected chi connectivity index (χ0v) is 12.5. The summed E-state index contributed by atoms with van der Waals surface area (Å²) in [6.45, 7) is 2.14. The highest BCUT2D eigenvalue weighted by molar-refractivity contribution is 6.06. The second kappa shape index (κ2) is 5.88. The van der Waals surface area contributed by atoms with Gasteiger partial charge in [0, 0.05) is 5.69 Å². The lowest BCUT2D eigenvalue weighted by atomic mass is 9.82. The third-order valence-corrected chi connectivity index (χ3v) is 4.62. The minimum Gasteiger partial charge on any atom is -0.342 e. The van der Waals surface area contributed by atoms with E-state index < -0.39 is 0 Å². The fraction of sp³-hybridized carbons (Fsp3) is 0.529. The lowest BCUT2D eigenvalue weighted by Gasteiger charge is -2.37. The van der Waals surface area contributed by atoms with Crippen molar-refractivity contribution in [2.45, 2.75) is 45.1 Å². The second-order valence-corrected chi connectivity index (χ2v) is 6.20. The molecule has 112 valence electrons. The Morgan fingerprint density at radius 2 is 1.71 bits per heavy atom. The monoisotopic (exact) mass is 286 g/mol. The fourth-order valence-corrected chi connectivity index (χ4v) is 3.40. The summed E-state index contributed by atoms with van der Waals surface area (Å²) in [5, 5.41) is 2.92. The molecule has 1 heterocycles. The Labute approximate surface area is 125 Å². The van der Waals surface area contributed by atoms with E-state index in [4.69, 9.17) is 0 Å². The van der Waals surface area contributed by atoms with Crippen LogP contribution in [0.1, 0.15) is 37.7 Å². The second-order valence-electron chi connectivity index (χ2n) is 6.20. The molecule has 1 aromatic rings. The number of nitrogens with zero attached hydrogens (tertiary/aromatic N) is 1. The van der Waals surface area contributed by atoms with Gasteiger partial charge in [0.15, 0.2) is 0 Å². The van der Waals surface area contributed by atoms with Crippen LogP contribution in [0.25, 0.3) is 0 Å². The largest absolute Gasteiger partial charge is 0.342 e. The lowest BCUT2D eigenvalue weighted by molar-refractivity contribution is -0.132. The van der Waals surface area contributed by atoms with E-state index in [0.717, 1.165) is 36.9 Å². The third-order valence-electron chi connectivity index (χ3n) is 4.62. The number of benzene rings is 1. The molecule has 1 N–H and O–H groups in total. The predicted molar refractivity (Wildman–Crippen MR) is 82.0 cm³/mol. The highest BCUT2D eigenvalue weighted by Gasteiger charge is 2.38. The molecular weight excluding hydrogens is 264 g/mol. The average molecular weight is 286 g/mol. The number of hydrogen-bond donors (Lipinski definition) is 1. The summed E-state index contributed by atoms with van der Waals surface area (Å²) in [6, 6.07) is 7.45. The van der Waals surface area contributed by atoms with Gasteiger partial charge < -0.3 is 10.2 Å². The van der Waals surface area contributed by atoms with Crippen LogP contribution < -0.4 is 10.2 Å². The molecule has 21 heavy (non-hydrogen) atoms. The fourth-order valence-electron chi connectivity index (χ4n) is 3.40. The quantitative estimate of drug-likeness (QED) is 0.907. The normalized spacial score (nSPS) is 24.0. The van der Waals surface area contributed by atoms with Gasteiger partial charge in [-0.15, -0.1) is 0 Å². The van der Waals surface area contributed by atoms with E-state index in [-0.39, 0.29) is 24.4 Å². The standard InChI is InChI=1S/C17H22N2O2/c1-12-7-9-14(10-8-12)19-11-15(20)18-16(17(19)21)13-5-3-2-4-6-13/h7-10,13,16H,2-6,11H2,1H3,(H,18,20). The van der Waals surface area contributed by atoms with Gasteiger partial charge in [-0.2, -0.15) is 0 Å². The summed E-state index contributed by atoms with van der Waals surface area (Å²) >= 11 is 0. The van der Waals surface area contributed by atoms with Crippen molar-refractivity contribution < 1.29 is 9.59 Å². The van der Waals surface area contributed by atoms with Gasteiger partial charge in [-0.05, 0) is 37.8 Å². The molecule has 4 nitrogen and oxygen atoms in total. The van der Waals surface area contributed by atoms with Gasteiger partial charge in [-0.25, -0.2) is 0 Å². The molecule has 0 aromatic heterocycles. The van der Waals surface area contributed by atoms with Crippen LogP contribution in [0.4, 0.5) is 5.69 Å². The van der Waals surface area contributed by atoms with Gasteiger partial charge in [0.25, 0.3) is 0 Å². The zero-order valence-electron chi connectivity index (χ0n) is 12.5. The first-order valence-corrected chi connectivity index (χ1v) is 7.82. The SMILES string of the molecule is Cc1ccc(N2CC(=O)NC(C3CCCCC3)C2=O)cc1. The van der Waals surface area contributed by atoms with Crippen molar-refractivity contribution in [3.63, 3.8) is 0 Å². The molecular formula is C17H22N2O2. The molecule has 2 amide bonds. The van der Waals surface area contributed by atoms with Crippen molar-refractivity contribution in [1.29, 1.82) is 0 Å². The average Bonchev–Trinajstić information content (AvgIpc) is 2.51. The molecule has 3 rings (SSSR count). The lowest BCUT2D eigenvalue weighted by Crippen LogP contribution is -2.61. The number of carbonyl (C=O) groups excluding carboxylic acids is 2. The minimum atomic E-state index is -0.340. The van der Waals surface area contributed by atoms with Crippen LogP contribution >= 0.6 is 0 Å². The van der Waals surface area contributed by atoms with E-state index in [0.29, 0.717) is 5.92 Å². The van der Waals surface area contributed by atoms with Crippen molar-refractivity contribution in [3.8, 4) is 0 Å². The molecule has 1 aromatic carbocycles. The Hall–Kier alpha value is -1.84. The summed E-state index contributed by atoms with van der Waals surface area (Å²) < 4.78 is 0. The van der Waals surface area contributed by atoms with Crippen LogP contribution in [0.2, 0.25) is 0 Å². The summed E-state index contributed by atoms with van der Waals surface area (Å²) in [5.74, 6) is 0.291. The number of amides is 2. The number of carbonyl (C=O) groups is 2. The number of nitrogens with one attached hydrogen (secondary N) is 1. The van der Waals surface area contributed by atoms with Crippen molar-refractivity contribution in [3.05, 3.63) is 29.8 Å². The molecule has 1 unspecified atom stereocenters. The van der Waals surface area contributed by atoms with Crippen molar-refractivity contribution in [1.82, 2.24) is 5.32 Å². The maximum atomic E-state index is 12.8. The molecule has 1 atom stereocenters. The predicted octanol–water partition coefficient (Wildman–Crippen LogP) is 2.41. The topological polar surface area (TPSA) is 49.4 Å². The van der Waals surface area contributed by atoms with Gasteiger partial charge in [-0.3, -0.25) is 9.59 Å². The van der Waals surface area contributed by atoms with Crippen molar-refractivity contribution >= 4 is 17.5 Å². The van der Waals surface area contributed by atoms with Gasteiger partial charge in [0.2, 0.25) is 11.8 Å². The Bertz CT molecular complexity index is 532. The van der Waals surface area contributed by atoms with Crippen LogP contribution in [0, 0.1) is 12.8 Å². The first kappa shape index (κ1) is 14.1. The molecule has 0 spiro atoms. The van der Waals surface area contributed by atoms with E-state index >= 15 is 0 Å². The molecule has 0 radical (unpaired) electrons. The van der Waals surface area contributed by atoms with E-state index in [1.165, 1.54) is 6.42 Å². The van der Waals surface area contributed by atoms with E-state index in [1.54, 1.807) is 4.90 Å². The van der Waals surface area contributed by atoms with Crippen LogP contribution in [0.15, 0.2) is 24.3 Å². The summed E-state index contributed by atoms with van der Waals surface area (Å²) in [4.78, 5) is 26.4. The van der Waals surface area contributed by atoms with E-state index in [2.05, 4.69) is 5.32 Å². The summed E-state index contributed by atoms with van der Waals surface area (Å²) in [7, 11) is 0. The van der Waals surface area contributed by atoms with E-state index in [1.807, 2.05) is 31.2 Å². The van der Waals surface area contributed by atoms with Gasteiger partial charge >= 0.3 is 0 Å². The van der Waals surface area contributed by atoms with Crippen molar-refractivity contribution in [2.75, 3.05) is 11.4 Å². The maximum Gasteiger partial charge on any atom is 0.250 e. The highest BCUT2D eigenvalue weighted by atomic mass is 16.2. The Balaban J connectivity index is 1.82.